The molecule has 0 bridgehead atoms. The molecule has 1 N–H and O–H groups in total. The number of nitrogens with zero attached hydrogens (tertiary/aromatic N) is 6. The highest BCUT2D eigenvalue weighted by molar-refractivity contribution is 7.93. The number of sulfonamides is 1. The summed E-state index contributed by atoms with van der Waals surface area (Å²) >= 11 is 0. The second-order valence-electron chi connectivity index (χ2n) is 7.88. The molecule has 4 rings (SSSR count). The molecule has 0 unspecified atom stereocenters. The van der Waals surface area contributed by atoms with Gasteiger partial charge in [-0.25, -0.2) is 17.8 Å². The van der Waals surface area contributed by atoms with Gasteiger partial charge in [-0.2, -0.15) is 23.1 Å². The number of anilines is 1. The summed E-state index contributed by atoms with van der Waals surface area (Å²) in [6.45, 7) is 0.418. The first-order chi connectivity index (χ1) is 18.1. The van der Waals surface area contributed by atoms with Crippen LogP contribution >= 0.6 is 0 Å². The summed E-state index contributed by atoms with van der Waals surface area (Å²) in [6, 6.07) is 8.19. The fraction of sp³-hybridized carbons (Fsp3) is 0.381. The summed E-state index contributed by atoms with van der Waals surface area (Å²) < 4.78 is 78.6. The van der Waals surface area contributed by atoms with Crippen LogP contribution in [0.4, 0.5) is 19.1 Å². The Bertz CT molecular complexity index is 1370. The smallest absolute Gasteiger partial charge is 0.479 e. The molecule has 3 aromatic rings. The molecule has 13 nitrogen and oxygen atoms in total. The normalized spacial score (nSPS) is 16.1. The van der Waals surface area contributed by atoms with Crippen LogP contribution in [-0.4, -0.2) is 77.9 Å². The molecule has 1 saturated heterocycles. The minimum absolute atomic E-state index is 0.0583. The Morgan fingerprint density at radius 1 is 1.11 bits per heavy atom. The highest BCUT2D eigenvalue weighted by atomic mass is 32.2. The minimum Gasteiger partial charge on any atom is -0.479 e. The molecule has 1 aromatic carbocycles. The van der Waals surface area contributed by atoms with Crippen molar-refractivity contribution in [3.63, 3.8) is 0 Å². The van der Waals surface area contributed by atoms with Crippen molar-refractivity contribution in [2.45, 2.75) is 24.3 Å². The van der Waals surface area contributed by atoms with Gasteiger partial charge in [-0.1, -0.05) is 34.8 Å². The topological polar surface area (TPSA) is 151 Å². The summed E-state index contributed by atoms with van der Waals surface area (Å²) in [4.78, 5) is 24.4. The first-order valence-corrected chi connectivity index (χ1v) is 12.6. The molecule has 0 aliphatic carbocycles. The Kier molecular flexibility index (Phi) is 7.68. The van der Waals surface area contributed by atoms with Crippen LogP contribution in [0.1, 0.15) is 12.8 Å². The number of rotatable bonds is 8. The van der Waals surface area contributed by atoms with Gasteiger partial charge in [-0.3, -0.25) is 0 Å². The molecule has 0 amide bonds. The van der Waals surface area contributed by atoms with Gasteiger partial charge in [0.15, 0.2) is 11.5 Å². The van der Waals surface area contributed by atoms with E-state index in [1.807, 2.05) is 0 Å². The minimum atomic E-state index is -5.52. The average molecular weight is 558 g/mol. The number of carbonyl (C=O) groups excluding carboxylic acids is 1. The Balaban J connectivity index is 2.02. The monoisotopic (exact) mass is 557 g/mol. The average Bonchev–Trinajstić information content (AvgIpc) is 3.35. The molecular formula is C21H22F3N7O6S. The van der Waals surface area contributed by atoms with Crippen molar-refractivity contribution >= 4 is 21.9 Å². The zero-order valence-corrected chi connectivity index (χ0v) is 20.9. The van der Waals surface area contributed by atoms with E-state index in [-0.39, 0.29) is 40.7 Å². The maximum absolute atomic E-state index is 13.7. The lowest BCUT2D eigenvalue weighted by Gasteiger charge is -2.29. The van der Waals surface area contributed by atoms with E-state index in [9.17, 15) is 26.4 Å². The summed E-state index contributed by atoms with van der Waals surface area (Å²) in [5, 5.41) is 9.49. The van der Waals surface area contributed by atoms with Crippen LogP contribution in [0.5, 0.6) is 11.8 Å². The van der Waals surface area contributed by atoms with Gasteiger partial charge >= 0.3 is 12.1 Å². The molecule has 0 saturated carbocycles. The third-order valence-electron chi connectivity index (χ3n) is 5.51. The standard InChI is InChI=1S/C21H22F3N7O6S/c1-35-17-15(18(36-2)27-12-26-17)30-16(13-7-4-3-5-8-13)28-29-20(30)31(37-19(32)21(22,23)24)38(33,34)14-9-6-10-25-11-14/h3-5,7-8,12,14,25H,6,9-11H2,1-2H3/t14-/m0/s1. The van der Waals surface area contributed by atoms with E-state index in [1.165, 1.54) is 14.2 Å². The van der Waals surface area contributed by atoms with Crippen molar-refractivity contribution in [1.29, 1.82) is 0 Å². The van der Waals surface area contributed by atoms with Crippen molar-refractivity contribution in [3.8, 4) is 28.8 Å². The molecule has 1 atom stereocenters. The Hall–Kier alpha value is -3.99. The number of carbonyl (C=O) groups is 1. The third kappa shape index (κ3) is 5.19. The van der Waals surface area contributed by atoms with Gasteiger partial charge in [0.05, 0.1) is 19.5 Å². The first-order valence-electron chi connectivity index (χ1n) is 11.1. The number of ether oxygens (including phenoxy) is 2. The van der Waals surface area contributed by atoms with Gasteiger partial charge in [0.25, 0.3) is 16.0 Å². The Morgan fingerprint density at radius 3 is 2.32 bits per heavy atom. The molecule has 3 heterocycles. The van der Waals surface area contributed by atoms with E-state index >= 15 is 0 Å². The molecule has 0 radical (unpaired) electrons. The van der Waals surface area contributed by atoms with Crippen LogP contribution in [0.2, 0.25) is 0 Å². The highest BCUT2D eigenvalue weighted by Crippen LogP contribution is 2.37. The molecule has 1 aliphatic rings. The van der Waals surface area contributed by atoms with Crippen LogP contribution in [0.3, 0.4) is 0 Å². The predicted octanol–water partition coefficient (Wildman–Crippen LogP) is 1.65. The summed E-state index contributed by atoms with van der Waals surface area (Å²) in [7, 11) is -2.28. The van der Waals surface area contributed by atoms with Gasteiger partial charge < -0.3 is 19.6 Å². The van der Waals surface area contributed by atoms with Crippen LogP contribution in [0.25, 0.3) is 17.1 Å². The second kappa shape index (κ2) is 10.8. The fourth-order valence-electron chi connectivity index (χ4n) is 3.76. The highest BCUT2D eigenvalue weighted by Gasteiger charge is 2.48. The van der Waals surface area contributed by atoms with Crippen molar-refractivity contribution in [1.82, 2.24) is 30.0 Å². The van der Waals surface area contributed by atoms with Gasteiger partial charge in [0.1, 0.15) is 6.33 Å². The predicted molar refractivity (Wildman–Crippen MR) is 125 cm³/mol. The van der Waals surface area contributed by atoms with E-state index in [2.05, 4.69) is 30.3 Å². The number of hydrogen-bond acceptors (Lipinski definition) is 11. The summed E-state index contributed by atoms with van der Waals surface area (Å²) in [5.74, 6) is -3.96. The molecule has 1 aliphatic heterocycles. The number of aromatic nitrogens is 5. The number of hydrogen-bond donors (Lipinski definition) is 1. The van der Waals surface area contributed by atoms with E-state index in [0.717, 1.165) is 10.9 Å². The molecule has 1 fully saturated rings. The quantitative estimate of drug-likeness (QED) is 0.403. The number of halogens is 3. The fourth-order valence-corrected chi connectivity index (χ4v) is 5.34. The first kappa shape index (κ1) is 27.1. The Morgan fingerprint density at radius 2 is 1.76 bits per heavy atom. The maximum Gasteiger partial charge on any atom is 0.493 e. The lowest BCUT2D eigenvalue weighted by atomic mass is 10.2. The molecule has 38 heavy (non-hydrogen) atoms. The lowest BCUT2D eigenvalue weighted by molar-refractivity contribution is -0.199. The Labute approximate surface area is 214 Å². The zero-order valence-electron chi connectivity index (χ0n) is 20.0. The molecular weight excluding hydrogens is 535 g/mol. The number of alkyl halides is 3. The van der Waals surface area contributed by atoms with Gasteiger partial charge in [0, 0.05) is 12.1 Å². The third-order valence-corrected chi connectivity index (χ3v) is 7.45. The van der Waals surface area contributed by atoms with Gasteiger partial charge in [-0.15, -0.1) is 10.2 Å². The van der Waals surface area contributed by atoms with Crippen LogP contribution < -0.4 is 19.3 Å². The van der Waals surface area contributed by atoms with Crippen LogP contribution in [-0.2, 0) is 19.7 Å². The van der Waals surface area contributed by atoms with Crippen molar-refractivity contribution in [2.75, 3.05) is 31.8 Å². The number of piperidine rings is 1. The molecule has 0 spiro atoms. The van der Waals surface area contributed by atoms with E-state index in [0.29, 0.717) is 18.5 Å². The number of benzene rings is 1. The van der Waals surface area contributed by atoms with Gasteiger partial charge in [-0.05, 0) is 19.4 Å². The molecule has 2 aromatic heterocycles. The zero-order chi connectivity index (χ0) is 27.5. The summed E-state index contributed by atoms with van der Waals surface area (Å²) in [6.07, 6.45) is -3.91. The van der Waals surface area contributed by atoms with Crippen molar-refractivity contribution in [3.05, 3.63) is 36.7 Å². The summed E-state index contributed by atoms with van der Waals surface area (Å²) in [5.41, 5.74) is 0.222. The molecule has 17 heteroatoms. The SMILES string of the molecule is COc1ncnc(OC)c1-n1c(-c2ccccc2)nnc1N(OC(=O)C(F)(F)F)S(=O)(=O)[C@H]1CCCNC1. The lowest BCUT2D eigenvalue weighted by Crippen LogP contribution is -2.49. The molecule has 204 valence electrons. The van der Waals surface area contributed by atoms with E-state index < -0.39 is 33.4 Å². The van der Waals surface area contributed by atoms with Crippen LogP contribution in [0.15, 0.2) is 36.7 Å². The van der Waals surface area contributed by atoms with Crippen LogP contribution in [0, 0.1) is 0 Å². The largest absolute Gasteiger partial charge is 0.493 e. The second-order valence-corrected chi connectivity index (χ2v) is 9.91. The number of methoxy groups -OCH3 is 2. The van der Waals surface area contributed by atoms with Crippen molar-refractivity contribution < 1.29 is 40.7 Å². The number of nitrogens with one attached hydrogen (secondary N) is 1. The van der Waals surface area contributed by atoms with Crippen molar-refractivity contribution in [2.24, 2.45) is 0 Å². The van der Waals surface area contributed by atoms with Gasteiger partial charge in [0.2, 0.25) is 11.8 Å². The van der Waals surface area contributed by atoms with E-state index in [4.69, 9.17) is 9.47 Å². The maximum atomic E-state index is 13.7. The van der Waals surface area contributed by atoms with E-state index in [1.54, 1.807) is 30.3 Å².